The molecule has 3 amide bonds. The van der Waals surface area contributed by atoms with Crippen LogP contribution in [-0.4, -0.2) is 58.6 Å². The van der Waals surface area contributed by atoms with Gasteiger partial charge in [-0.2, -0.15) is 0 Å². The molecule has 3 fully saturated rings. The van der Waals surface area contributed by atoms with Gasteiger partial charge in [0.25, 0.3) is 0 Å². The molecule has 7 heteroatoms. The van der Waals surface area contributed by atoms with Crippen LogP contribution in [0, 0.1) is 23.6 Å². The molecule has 2 N–H and O–H groups in total. The lowest BCUT2D eigenvalue weighted by atomic mass is 9.73. The first kappa shape index (κ1) is 20.5. The van der Waals surface area contributed by atoms with Crippen LogP contribution >= 0.6 is 0 Å². The molecular weight excluding hydrogens is 409 g/mol. The van der Waals surface area contributed by atoms with Crippen molar-refractivity contribution in [3.63, 3.8) is 0 Å². The van der Waals surface area contributed by atoms with Crippen LogP contribution in [0.25, 0.3) is 0 Å². The number of aliphatic hydroxyl groups is 1. The average molecular weight is 433 g/mol. The first-order valence-electron chi connectivity index (χ1n) is 10.9. The minimum atomic E-state index is -0.446. The Morgan fingerprint density at radius 2 is 1.97 bits per heavy atom. The molecule has 5 rings (SSSR count). The molecule has 2 aromatic rings. The van der Waals surface area contributed by atoms with Gasteiger partial charge in [0.05, 0.1) is 18.7 Å². The predicted octanol–water partition coefficient (Wildman–Crippen LogP) is 2.79. The summed E-state index contributed by atoms with van der Waals surface area (Å²) in [6.45, 7) is 0.138. The maximum Gasteiger partial charge on any atom is 0.322 e. The van der Waals surface area contributed by atoms with E-state index in [2.05, 4.69) is 17.2 Å². The largest absolute Gasteiger partial charge is 0.394 e. The standard InChI is InChI=1S/C25H24FN3O3/c26-19-2-1-3-20(12-19)27-25(32)28-13-21-24(22(15-30)29(21)23(31)14-28)18-10-8-17(9-11-18)7-6-16-4-5-16/h1-3,8-12,16,21-22,24,30H,4-5,13-15H2,(H,27,32)/t21-,22-,24+/m0/s1. The van der Waals surface area contributed by atoms with E-state index in [1.165, 1.54) is 35.9 Å². The second-order valence-corrected chi connectivity index (χ2v) is 8.63. The van der Waals surface area contributed by atoms with Gasteiger partial charge in [0.2, 0.25) is 5.91 Å². The predicted molar refractivity (Wildman–Crippen MR) is 117 cm³/mol. The summed E-state index contributed by atoms with van der Waals surface area (Å²) >= 11 is 0. The number of anilines is 1. The highest BCUT2D eigenvalue weighted by atomic mass is 19.1. The number of urea groups is 1. The number of hydrogen-bond acceptors (Lipinski definition) is 3. The fourth-order valence-electron chi connectivity index (χ4n) is 4.62. The van der Waals surface area contributed by atoms with Crippen molar-refractivity contribution in [1.82, 2.24) is 9.80 Å². The van der Waals surface area contributed by atoms with Gasteiger partial charge in [-0.3, -0.25) is 4.79 Å². The Bertz CT molecular complexity index is 1100. The summed E-state index contributed by atoms with van der Waals surface area (Å²) in [5.41, 5.74) is 2.31. The molecule has 6 nitrogen and oxygen atoms in total. The number of carbonyl (C=O) groups is 2. The van der Waals surface area contributed by atoms with Gasteiger partial charge in [-0.1, -0.05) is 30.0 Å². The molecule has 32 heavy (non-hydrogen) atoms. The van der Waals surface area contributed by atoms with Crippen LogP contribution in [0.2, 0.25) is 0 Å². The second-order valence-electron chi connectivity index (χ2n) is 8.63. The molecule has 0 bridgehead atoms. The van der Waals surface area contributed by atoms with Crippen LogP contribution < -0.4 is 5.32 Å². The van der Waals surface area contributed by atoms with Crippen molar-refractivity contribution < 1.29 is 19.1 Å². The zero-order chi connectivity index (χ0) is 22.2. The average Bonchev–Trinajstić information content (AvgIpc) is 3.59. The third-order valence-corrected chi connectivity index (χ3v) is 6.41. The van der Waals surface area contributed by atoms with Crippen LogP contribution in [0.15, 0.2) is 48.5 Å². The smallest absolute Gasteiger partial charge is 0.322 e. The highest BCUT2D eigenvalue weighted by Gasteiger charge is 2.54. The van der Waals surface area contributed by atoms with E-state index in [1.807, 2.05) is 24.3 Å². The SMILES string of the molecule is O=C(Nc1cccc(F)c1)N1CC(=O)N2[C@@H](CO)[C@H](c3ccc(C#CC4CC4)cc3)[C@@H]2C1. The lowest BCUT2D eigenvalue weighted by Crippen LogP contribution is -2.73. The first-order valence-corrected chi connectivity index (χ1v) is 10.9. The third kappa shape index (κ3) is 3.94. The van der Waals surface area contributed by atoms with Crippen LogP contribution in [0.5, 0.6) is 0 Å². The lowest BCUT2D eigenvalue weighted by molar-refractivity contribution is -0.159. The molecule has 2 saturated heterocycles. The van der Waals surface area contributed by atoms with Crippen molar-refractivity contribution in [2.45, 2.75) is 30.8 Å². The summed E-state index contributed by atoms with van der Waals surface area (Å²) in [5.74, 6) is 6.26. The van der Waals surface area contributed by atoms with E-state index in [4.69, 9.17) is 0 Å². The highest BCUT2D eigenvalue weighted by molar-refractivity contribution is 5.93. The number of carbonyl (C=O) groups excluding carboxylic acids is 2. The minimum Gasteiger partial charge on any atom is -0.394 e. The summed E-state index contributed by atoms with van der Waals surface area (Å²) in [5, 5.41) is 12.6. The van der Waals surface area contributed by atoms with E-state index in [1.54, 1.807) is 11.0 Å². The fourth-order valence-corrected chi connectivity index (χ4v) is 4.62. The number of piperazine rings is 1. The second kappa shape index (κ2) is 8.29. The molecule has 164 valence electrons. The summed E-state index contributed by atoms with van der Waals surface area (Å²) in [7, 11) is 0. The zero-order valence-electron chi connectivity index (χ0n) is 17.5. The van der Waals surface area contributed by atoms with Crippen molar-refractivity contribution in [2.24, 2.45) is 5.92 Å². The zero-order valence-corrected chi connectivity index (χ0v) is 17.5. The van der Waals surface area contributed by atoms with Gasteiger partial charge >= 0.3 is 6.03 Å². The van der Waals surface area contributed by atoms with Gasteiger partial charge in [-0.25, -0.2) is 9.18 Å². The van der Waals surface area contributed by atoms with Gasteiger partial charge in [0, 0.05) is 29.6 Å². The maximum atomic E-state index is 13.4. The van der Waals surface area contributed by atoms with Gasteiger partial charge in [0.1, 0.15) is 12.4 Å². The van der Waals surface area contributed by atoms with Crippen LogP contribution in [0.1, 0.15) is 29.9 Å². The van der Waals surface area contributed by atoms with Crippen molar-refractivity contribution in [3.05, 3.63) is 65.5 Å². The number of nitrogens with zero attached hydrogens (tertiary/aromatic N) is 2. The summed E-state index contributed by atoms with van der Waals surface area (Å²) in [6, 6.07) is 12.6. The van der Waals surface area contributed by atoms with E-state index >= 15 is 0 Å². The molecule has 1 aliphatic carbocycles. The van der Waals surface area contributed by atoms with Gasteiger partial charge < -0.3 is 20.2 Å². The number of halogens is 1. The normalized spacial score (nSPS) is 24.2. The van der Waals surface area contributed by atoms with Gasteiger partial charge in [-0.05, 0) is 48.7 Å². The van der Waals surface area contributed by atoms with Crippen molar-refractivity contribution >= 4 is 17.6 Å². The van der Waals surface area contributed by atoms with Crippen molar-refractivity contribution in [3.8, 4) is 11.8 Å². The Balaban J connectivity index is 1.31. The van der Waals surface area contributed by atoms with E-state index in [-0.39, 0.29) is 37.1 Å². The molecule has 2 aliphatic heterocycles. The molecule has 0 aromatic heterocycles. The number of amides is 3. The fraction of sp³-hybridized carbons (Fsp3) is 0.360. The summed E-state index contributed by atoms with van der Waals surface area (Å²) in [4.78, 5) is 28.6. The molecule has 2 aromatic carbocycles. The quantitative estimate of drug-likeness (QED) is 0.732. The monoisotopic (exact) mass is 433 g/mol. The Morgan fingerprint density at radius 1 is 1.19 bits per heavy atom. The number of aliphatic hydroxyl groups excluding tert-OH is 1. The van der Waals surface area contributed by atoms with E-state index in [0.29, 0.717) is 18.2 Å². The van der Waals surface area contributed by atoms with Gasteiger partial charge in [-0.15, -0.1) is 0 Å². The highest BCUT2D eigenvalue weighted by Crippen LogP contribution is 2.43. The molecule has 3 atom stereocenters. The summed E-state index contributed by atoms with van der Waals surface area (Å²) < 4.78 is 13.4. The Hall–Kier alpha value is -3.37. The molecule has 0 unspecified atom stereocenters. The number of rotatable bonds is 3. The van der Waals surface area contributed by atoms with Crippen LogP contribution in [0.3, 0.4) is 0 Å². The van der Waals surface area contributed by atoms with Crippen molar-refractivity contribution in [2.75, 3.05) is 25.0 Å². The Kier molecular flexibility index (Phi) is 5.32. The molecule has 0 radical (unpaired) electrons. The third-order valence-electron chi connectivity index (χ3n) is 6.41. The van der Waals surface area contributed by atoms with Crippen molar-refractivity contribution in [1.29, 1.82) is 0 Å². The number of fused-ring (bicyclic) bond motifs is 1. The lowest BCUT2D eigenvalue weighted by Gasteiger charge is -2.58. The molecule has 1 saturated carbocycles. The first-order chi connectivity index (χ1) is 15.5. The minimum absolute atomic E-state index is 0.0702. The van der Waals surface area contributed by atoms with Crippen LogP contribution in [0.4, 0.5) is 14.9 Å². The number of benzene rings is 2. The molecular formula is C25H24FN3O3. The van der Waals surface area contributed by atoms with E-state index in [9.17, 15) is 19.1 Å². The summed E-state index contributed by atoms with van der Waals surface area (Å²) in [6.07, 6.45) is 2.36. The molecule has 0 spiro atoms. The number of nitrogens with one attached hydrogen (secondary N) is 1. The molecule has 2 heterocycles. The van der Waals surface area contributed by atoms with E-state index in [0.717, 1.165) is 11.1 Å². The number of hydrogen-bond donors (Lipinski definition) is 2. The van der Waals surface area contributed by atoms with Gasteiger partial charge in [0.15, 0.2) is 0 Å². The van der Waals surface area contributed by atoms with Crippen LogP contribution in [-0.2, 0) is 4.79 Å². The Labute approximate surface area is 186 Å². The topological polar surface area (TPSA) is 72.9 Å². The van der Waals surface area contributed by atoms with E-state index < -0.39 is 11.8 Å². The Morgan fingerprint density at radius 3 is 2.66 bits per heavy atom. The maximum absolute atomic E-state index is 13.4. The molecule has 3 aliphatic rings.